The van der Waals surface area contributed by atoms with Gasteiger partial charge in [-0.3, -0.25) is 0 Å². The average molecular weight is 357 g/mol. The molecule has 3 rings (SSSR count). The minimum absolute atomic E-state index is 0.122. The number of hydrogen-bond donors (Lipinski definition) is 2. The molecule has 0 bridgehead atoms. The zero-order chi connectivity index (χ0) is 18.4. The highest BCUT2D eigenvalue weighted by Gasteiger charge is 2.15. The molecule has 1 atom stereocenters. The summed E-state index contributed by atoms with van der Waals surface area (Å²) < 4.78 is 10.9. The van der Waals surface area contributed by atoms with Crippen LogP contribution >= 0.6 is 0 Å². The molecule has 1 aromatic carbocycles. The summed E-state index contributed by atoms with van der Waals surface area (Å²) >= 11 is 0. The van der Waals surface area contributed by atoms with Gasteiger partial charge in [0.05, 0.1) is 18.9 Å². The van der Waals surface area contributed by atoms with Crippen molar-refractivity contribution in [2.75, 3.05) is 31.7 Å². The number of carboxylic acids is 1. The molecule has 2 N–H and O–H groups in total. The monoisotopic (exact) mass is 357 g/mol. The molecular weight excluding hydrogens is 334 g/mol. The largest absolute Gasteiger partial charge is 0.493 e. The predicted octanol–water partition coefficient (Wildman–Crippen LogP) is 3.08. The van der Waals surface area contributed by atoms with Crippen LogP contribution in [-0.2, 0) is 4.74 Å². The molecule has 2 heterocycles. The standard InChI is InChI=1S/C19H23N3O4/c1-2-26-17-6-5-14(10-15(17)18(23)24)16-7-8-20-19(22-16)21-11-13-4-3-9-25-12-13/h5-8,10,13H,2-4,9,11-12H2,1H3,(H,23,24)(H,20,21,22). The second-order valence-corrected chi connectivity index (χ2v) is 6.18. The summed E-state index contributed by atoms with van der Waals surface area (Å²) in [6.45, 7) is 4.58. The fourth-order valence-electron chi connectivity index (χ4n) is 2.95. The number of anilines is 1. The van der Waals surface area contributed by atoms with Crippen LogP contribution in [0.25, 0.3) is 11.3 Å². The van der Waals surface area contributed by atoms with Crippen molar-refractivity contribution >= 4 is 11.9 Å². The molecule has 2 aromatic rings. The summed E-state index contributed by atoms with van der Waals surface area (Å²) in [6, 6.07) is 6.81. The third-order valence-corrected chi connectivity index (χ3v) is 4.26. The minimum atomic E-state index is -1.03. The molecule has 7 heteroatoms. The zero-order valence-corrected chi connectivity index (χ0v) is 14.8. The summed E-state index contributed by atoms with van der Waals surface area (Å²) in [7, 11) is 0. The van der Waals surface area contributed by atoms with E-state index in [-0.39, 0.29) is 5.56 Å². The van der Waals surface area contributed by atoms with E-state index in [9.17, 15) is 9.90 Å². The van der Waals surface area contributed by atoms with E-state index in [4.69, 9.17) is 9.47 Å². The third-order valence-electron chi connectivity index (χ3n) is 4.26. The molecule has 0 spiro atoms. The average Bonchev–Trinajstić information content (AvgIpc) is 2.68. The summed E-state index contributed by atoms with van der Waals surface area (Å²) in [6.07, 6.45) is 3.88. The van der Waals surface area contributed by atoms with E-state index < -0.39 is 5.97 Å². The Morgan fingerprint density at radius 1 is 1.42 bits per heavy atom. The Bertz CT molecular complexity index is 760. The predicted molar refractivity (Wildman–Crippen MR) is 97.6 cm³/mol. The molecule has 7 nitrogen and oxygen atoms in total. The number of aromatic nitrogens is 2. The fraction of sp³-hybridized carbons (Fsp3) is 0.421. The Morgan fingerprint density at radius 2 is 2.31 bits per heavy atom. The van der Waals surface area contributed by atoms with Gasteiger partial charge in [0.1, 0.15) is 11.3 Å². The first kappa shape index (κ1) is 18.1. The Morgan fingerprint density at radius 3 is 3.04 bits per heavy atom. The van der Waals surface area contributed by atoms with Crippen LogP contribution in [0.1, 0.15) is 30.1 Å². The van der Waals surface area contributed by atoms with E-state index in [1.165, 1.54) is 0 Å². The fourth-order valence-corrected chi connectivity index (χ4v) is 2.95. The van der Waals surface area contributed by atoms with Gasteiger partial charge in [-0.15, -0.1) is 0 Å². The SMILES string of the molecule is CCOc1ccc(-c2ccnc(NCC3CCCOC3)n2)cc1C(=O)O. The van der Waals surface area contributed by atoms with E-state index >= 15 is 0 Å². The maximum Gasteiger partial charge on any atom is 0.339 e. The molecule has 1 aliphatic heterocycles. The van der Waals surface area contributed by atoms with Crippen molar-refractivity contribution in [3.8, 4) is 17.0 Å². The highest BCUT2D eigenvalue weighted by molar-refractivity contribution is 5.92. The van der Waals surface area contributed by atoms with Gasteiger partial charge < -0.3 is 19.9 Å². The molecule has 0 aliphatic carbocycles. The second kappa shape index (κ2) is 8.62. The number of rotatable bonds is 7. The number of carbonyl (C=O) groups is 1. The molecule has 1 fully saturated rings. The Labute approximate surface area is 152 Å². The van der Waals surface area contributed by atoms with Crippen molar-refractivity contribution in [3.05, 3.63) is 36.0 Å². The number of nitrogens with zero attached hydrogens (tertiary/aromatic N) is 2. The Hall–Kier alpha value is -2.67. The number of aromatic carboxylic acids is 1. The van der Waals surface area contributed by atoms with Gasteiger partial charge >= 0.3 is 5.97 Å². The van der Waals surface area contributed by atoms with Crippen LogP contribution in [-0.4, -0.2) is 47.4 Å². The minimum Gasteiger partial charge on any atom is -0.493 e. The van der Waals surface area contributed by atoms with Gasteiger partial charge in [0, 0.05) is 24.9 Å². The molecule has 0 saturated carbocycles. The Balaban J connectivity index is 1.76. The van der Waals surface area contributed by atoms with Crippen LogP contribution in [0.15, 0.2) is 30.5 Å². The van der Waals surface area contributed by atoms with Crippen LogP contribution in [0.5, 0.6) is 5.75 Å². The lowest BCUT2D eigenvalue weighted by Crippen LogP contribution is -2.24. The van der Waals surface area contributed by atoms with Gasteiger partial charge in [-0.25, -0.2) is 14.8 Å². The lowest BCUT2D eigenvalue weighted by molar-refractivity contribution is 0.0594. The summed E-state index contributed by atoms with van der Waals surface area (Å²) in [4.78, 5) is 20.2. The zero-order valence-electron chi connectivity index (χ0n) is 14.8. The Kier molecular flexibility index (Phi) is 6.01. The number of benzene rings is 1. The van der Waals surface area contributed by atoms with Crippen molar-refractivity contribution in [2.45, 2.75) is 19.8 Å². The first-order valence-corrected chi connectivity index (χ1v) is 8.82. The normalized spacial score (nSPS) is 16.9. The van der Waals surface area contributed by atoms with Gasteiger partial charge in [0.25, 0.3) is 0 Å². The van der Waals surface area contributed by atoms with Gasteiger partial charge in [-0.1, -0.05) is 0 Å². The molecule has 1 aliphatic rings. The smallest absolute Gasteiger partial charge is 0.339 e. The van der Waals surface area contributed by atoms with Crippen molar-refractivity contribution in [2.24, 2.45) is 5.92 Å². The van der Waals surface area contributed by atoms with Gasteiger partial charge in [-0.05, 0) is 49.9 Å². The molecule has 0 radical (unpaired) electrons. The summed E-state index contributed by atoms with van der Waals surface area (Å²) in [5.41, 5.74) is 1.49. The molecule has 1 aromatic heterocycles. The number of hydrogen-bond acceptors (Lipinski definition) is 6. The van der Waals surface area contributed by atoms with Crippen LogP contribution in [0.3, 0.4) is 0 Å². The van der Waals surface area contributed by atoms with Crippen LogP contribution in [0.2, 0.25) is 0 Å². The van der Waals surface area contributed by atoms with Crippen molar-refractivity contribution in [1.82, 2.24) is 9.97 Å². The van der Waals surface area contributed by atoms with Gasteiger partial charge in [0.15, 0.2) is 0 Å². The number of carboxylic acid groups (broad SMARTS) is 1. The summed E-state index contributed by atoms with van der Waals surface area (Å²) in [5, 5.41) is 12.7. The highest BCUT2D eigenvalue weighted by atomic mass is 16.5. The highest BCUT2D eigenvalue weighted by Crippen LogP contribution is 2.26. The van der Waals surface area contributed by atoms with E-state index in [1.807, 2.05) is 6.92 Å². The third kappa shape index (κ3) is 4.49. The van der Waals surface area contributed by atoms with Crippen LogP contribution in [0, 0.1) is 5.92 Å². The molecular formula is C19H23N3O4. The van der Waals surface area contributed by atoms with Crippen molar-refractivity contribution in [1.29, 1.82) is 0 Å². The van der Waals surface area contributed by atoms with E-state index in [0.717, 1.165) is 32.6 Å². The van der Waals surface area contributed by atoms with Crippen molar-refractivity contribution < 1.29 is 19.4 Å². The van der Waals surface area contributed by atoms with Gasteiger partial charge in [-0.2, -0.15) is 0 Å². The van der Waals surface area contributed by atoms with Crippen molar-refractivity contribution in [3.63, 3.8) is 0 Å². The first-order valence-electron chi connectivity index (χ1n) is 8.82. The first-order chi connectivity index (χ1) is 12.7. The van der Waals surface area contributed by atoms with E-state index in [0.29, 0.717) is 35.5 Å². The quantitative estimate of drug-likeness (QED) is 0.786. The lowest BCUT2D eigenvalue weighted by atomic mass is 10.0. The maximum absolute atomic E-state index is 11.5. The van der Waals surface area contributed by atoms with Crippen LogP contribution in [0.4, 0.5) is 5.95 Å². The second-order valence-electron chi connectivity index (χ2n) is 6.18. The topological polar surface area (TPSA) is 93.6 Å². The molecule has 1 saturated heterocycles. The summed E-state index contributed by atoms with van der Waals surface area (Å²) in [5.74, 6) is 0.312. The number of nitrogens with one attached hydrogen (secondary N) is 1. The molecule has 1 unspecified atom stereocenters. The molecule has 0 amide bonds. The molecule has 26 heavy (non-hydrogen) atoms. The van der Waals surface area contributed by atoms with Crippen LogP contribution < -0.4 is 10.1 Å². The number of ether oxygens (including phenoxy) is 2. The molecule has 138 valence electrons. The maximum atomic E-state index is 11.5. The van der Waals surface area contributed by atoms with Gasteiger partial charge in [0.2, 0.25) is 5.95 Å². The lowest BCUT2D eigenvalue weighted by Gasteiger charge is -2.22. The van der Waals surface area contributed by atoms with E-state index in [2.05, 4.69) is 15.3 Å². The van der Waals surface area contributed by atoms with E-state index in [1.54, 1.807) is 30.5 Å².